The zero-order chi connectivity index (χ0) is 16.4. The first-order chi connectivity index (χ1) is 11.0. The molecule has 1 heterocycles. The van der Waals surface area contributed by atoms with Crippen LogP contribution in [0.3, 0.4) is 0 Å². The van der Waals surface area contributed by atoms with Crippen molar-refractivity contribution in [3.63, 3.8) is 0 Å². The molecule has 23 heavy (non-hydrogen) atoms. The van der Waals surface area contributed by atoms with E-state index >= 15 is 0 Å². The topological polar surface area (TPSA) is 84.0 Å². The Hall–Kier alpha value is -2.63. The molecule has 1 aliphatic carbocycles. The van der Waals surface area contributed by atoms with Gasteiger partial charge in [0.05, 0.1) is 6.04 Å². The largest absolute Gasteiger partial charge is 0.347 e. The highest BCUT2D eigenvalue weighted by molar-refractivity contribution is 5.76. The molecular formula is C17H19N3O3. The number of carbonyl (C=O) groups is 1. The summed E-state index contributed by atoms with van der Waals surface area (Å²) >= 11 is 0. The molecule has 0 saturated heterocycles. The molecule has 1 unspecified atom stereocenters. The number of carbonyl (C=O) groups excluding carboxylic acids is 1. The van der Waals surface area contributed by atoms with Crippen molar-refractivity contribution in [1.82, 2.24) is 14.9 Å². The average Bonchev–Trinajstić information content (AvgIpc) is 3.33. The van der Waals surface area contributed by atoms with Crippen molar-refractivity contribution in [2.75, 3.05) is 0 Å². The second-order valence-electron chi connectivity index (χ2n) is 6.03. The Bertz CT molecular complexity index is 816. The monoisotopic (exact) mass is 313 g/mol. The summed E-state index contributed by atoms with van der Waals surface area (Å²) in [5, 5.41) is 3.01. The predicted molar refractivity (Wildman–Crippen MR) is 86.1 cm³/mol. The SMILES string of the molecule is Cc1ccc(C(NC(=O)Cn2ccc(=O)[nH]c2=O)C2CC2)cc1. The maximum Gasteiger partial charge on any atom is 0.328 e. The van der Waals surface area contributed by atoms with E-state index in [0.717, 1.165) is 18.4 Å². The van der Waals surface area contributed by atoms with E-state index in [2.05, 4.69) is 10.3 Å². The zero-order valence-electron chi connectivity index (χ0n) is 12.9. The molecule has 0 radical (unpaired) electrons. The van der Waals surface area contributed by atoms with Crippen LogP contribution in [0.5, 0.6) is 0 Å². The van der Waals surface area contributed by atoms with Crippen LogP contribution in [0.15, 0.2) is 46.1 Å². The van der Waals surface area contributed by atoms with Crippen LogP contribution in [0.4, 0.5) is 0 Å². The standard InChI is InChI=1S/C17H19N3O3/c1-11-2-4-12(5-3-11)16(13-6-7-13)18-15(22)10-20-9-8-14(21)19-17(20)23/h2-5,8-9,13,16H,6-7,10H2,1H3,(H,18,22)(H,19,21,23). The molecule has 1 aliphatic rings. The number of hydrogen-bond acceptors (Lipinski definition) is 3. The van der Waals surface area contributed by atoms with E-state index in [4.69, 9.17) is 0 Å². The molecule has 6 nitrogen and oxygen atoms in total. The zero-order valence-corrected chi connectivity index (χ0v) is 12.9. The summed E-state index contributed by atoms with van der Waals surface area (Å²) in [7, 11) is 0. The number of rotatable bonds is 5. The molecule has 1 amide bonds. The highest BCUT2D eigenvalue weighted by Crippen LogP contribution is 2.41. The summed E-state index contributed by atoms with van der Waals surface area (Å²) < 4.78 is 1.19. The van der Waals surface area contributed by atoms with Gasteiger partial charge in [-0.3, -0.25) is 19.1 Å². The average molecular weight is 313 g/mol. The van der Waals surface area contributed by atoms with Gasteiger partial charge in [0.15, 0.2) is 0 Å². The fourth-order valence-electron chi connectivity index (χ4n) is 2.62. The first-order valence-electron chi connectivity index (χ1n) is 7.68. The van der Waals surface area contributed by atoms with Gasteiger partial charge in [0.1, 0.15) is 6.54 Å². The van der Waals surface area contributed by atoms with Crippen molar-refractivity contribution in [2.24, 2.45) is 5.92 Å². The highest BCUT2D eigenvalue weighted by Gasteiger charge is 2.33. The van der Waals surface area contributed by atoms with Crippen LogP contribution in [0.25, 0.3) is 0 Å². The van der Waals surface area contributed by atoms with Gasteiger partial charge in [-0.1, -0.05) is 29.8 Å². The number of benzene rings is 1. The third-order valence-corrected chi connectivity index (χ3v) is 4.06. The number of amides is 1. The Balaban J connectivity index is 1.72. The van der Waals surface area contributed by atoms with Crippen LogP contribution in [-0.4, -0.2) is 15.5 Å². The lowest BCUT2D eigenvalue weighted by Crippen LogP contribution is -2.37. The predicted octanol–water partition coefficient (Wildman–Crippen LogP) is 1.11. The maximum atomic E-state index is 12.3. The van der Waals surface area contributed by atoms with E-state index in [9.17, 15) is 14.4 Å². The summed E-state index contributed by atoms with van der Waals surface area (Å²) in [6.45, 7) is 1.92. The number of aryl methyl sites for hydroxylation is 1. The van der Waals surface area contributed by atoms with Crippen LogP contribution in [0.2, 0.25) is 0 Å². The van der Waals surface area contributed by atoms with Crippen molar-refractivity contribution in [3.8, 4) is 0 Å². The first-order valence-corrected chi connectivity index (χ1v) is 7.68. The number of hydrogen-bond donors (Lipinski definition) is 2. The Morgan fingerprint density at radius 2 is 1.96 bits per heavy atom. The molecule has 1 aromatic carbocycles. The van der Waals surface area contributed by atoms with Gasteiger partial charge in [-0.2, -0.15) is 0 Å². The smallest absolute Gasteiger partial charge is 0.328 e. The van der Waals surface area contributed by atoms with Gasteiger partial charge in [0.2, 0.25) is 5.91 Å². The van der Waals surface area contributed by atoms with E-state index in [1.807, 2.05) is 31.2 Å². The summed E-state index contributed by atoms with van der Waals surface area (Å²) in [5.74, 6) is 0.214. The molecule has 120 valence electrons. The lowest BCUT2D eigenvalue weighted by molar-refractivity contribution is -0.122. The van der Waals surface area contributed by atoms with Crippen LogP contribution in [0, 0.1) is 12.8 Å². The number of aromatic amines is 1. The fourth-order valence-corrected chi connectivity index (χ4v) is 2.62. The second kappa shape index (κ2) is 6.24. The van der Waals surface area contributed by atoms with Gasteiger partial charge in [-0.25, -0.2) is 4.79 Å². The molecule has 0 bridgehead atoms. The van der Waals surface area contributed by atoms with Crippen molar-refractivity contribution in [3.05, 3.63) is 68.5 Å². The quantitative estimate of drug-likeness (QED) is 0.867. The number of aromatic nitrogens is 2. The van der Waals surface area contributed by atoms with Crippen LogP contribution in [0.1, 0.15) is 30.0 Å². The number of H-pyrrole nitrogens is 1. The van der Waals surface area contributed by atoms with Crippen LogP contribution >= 0.6 is 0 Å². The normalized spacial score (nSPS) is 15.2. The second-order valence-corrected chi connectivity index (χ2v) is 6.03. The van der Waals surface area contributed by atoms with Gasteiger partial charge in [0, 0.05) is 12.3 Å². The van der Waals surface area contributed by atoms with E-state index in [1.54, 1.807) is 0 Å². The molecule has 6 heteroatoms. The van der Waals surface area contributed by atoms with Crippen molar-refractivity contribution >= 4 is 5.91 Å². The molecule has 1 aromatic heterocycles. The van der Waals surface area contributed by atoms with Crippen molar-refractivity contribution in [2.45, 2.75) is 32.4 Å². The van der Waals surface area contributed by atoms with Gasteiger partial charge < -0.3 is 5.32 Å². The third kappa shape index (κ3) is 3.77. The molecule has 2 N–H and O–H groups in total. The number of nitrogens with zero attached hydrogens (tertiary/aromatic N) is 1. The van der Waals surface area contributed by atoms with Crippen molar-refractivity contribution < 1.29 is 4.79 Å². The van der Waals surface area contributed by atoms with Crippen LogP contribution < -0.4 is 16.6 Å². The highest BCUT2D eigenvalue weighted by atomic mass is 16.2. The van der Waals surface area contributed by atoms with E-state index in [-0.39, 0.29) is 18.5 Å². The minimum atomic E-state index is -0.578. The summed E-state index contributed by atoms with van der Waals surface area (Å²) in [4.78, 5) is 37.1. The van der Waals surface area contributed by atoms with Gasteiger partial charge in [-0.15, -0.1) is 0 Å². The third-order valence-electron chi connectivity index (χ3n) is 4.06. The summed E-state index contributed by atoms with van der Waals surface area (Å²) in [6.07, 6.45) is 3.52. The summed E-state index contributed by atoms with van der Waals surface area (Å²) in [6, 6.07) is 9.33. The molecule has 3 rings (SSSR count). The molecule has 1 atom stereocenters. The molecule has 1 saturated carbocycles. The number of nitrogens with one attached hydrogen (secondary N) is 2. The molecule has 0 spiro atoms. The van der Waals surface area contributed by atoms with E-state index < -0.39 is 11.2 Å². The Morgan fingerprint density at radius 1 is 1.26 bits per heavy atom. The Labute approximate surface area is 133 Å². The van der Waals surface area contributed by atoms with E-state index in [1.165, 1.54) is 22.4 Å². The molecule has 0 aliphatic heterocycles. The molecule has 2 aromatic rings. The van der Waals surface area contributed by atoms with Crippen molar-refractivity contribution in [1.29, 1.82) is 0 Å². The van der Waals surface area contributed by atoms with Crippen LogP contribution in [-0.2, 0) is 11.3 Å². The van der Waals surface area contributed by atoms with Gasteiger partial charge in [-0.05, 0) is 31.2 Å². The first kappa shape index (κ1) is 15.3. The van der Waals surface area contributed by atoms with Gasteiger partial charge >= 0.3 is 5.69 Å². The molecular weight excluding hydrogens is 294 g/mol. The minimum absolute atomic E-state index is 0.0263. The minimum Gasteiger partial charge on any atom is -0.347 e. The van der Waals surface area contributed by atoms with Gasteiger partial charge in [0.25, 0.3) is 5.56 Å². The lowest BCUT2D eigenvalue weighted by atomic mass is 10.0. The van der Waals surface area contributed by atoms with E-state index in [0.29, 0.717) is 5.92 Å². The summed E-state index contributed by atoms with van der Waals surface area (Å²) in [5.41, 5.74) is 1.21. The molecule has 1 fully saturated rings. The Kier molecular flexibility index (Phi) is 4.14. The lowest BCUT2D eigenvalue weighted by Gasteiger charge is -2.19. The Morgan fingerprint density at radius 3 is 2.57 bits per heavy atom. The fraction of sp³-hybridized carbons (Fsp3) is 0.353. The maximum absolute atomic E-state index is 12.3.